The van der Waals surface area contributed by atoms with E-state index in [0.717, 1.165) is 17.7 Å². The van der Waals surface area contributed by atoms with Gasteiger partial charge in [0, 0.05) is 11.3 Å². The van der Waals surface area contributed by atoms with Crippen LogP contribution in [0.15, 0.2) is 24.3 Å². The fourth-order valence-electron chi connectivity index (χ4n) is 2.88. The zero-order chi connectivity index (χ0) is 15.9. The molecule has 22 heavy (non-hydrogen) atoms. The first-order valence-electron chi connectivity index (χ1n) is 7.83. The number of carbonyl (C=O) groups excluding carboxylic acids is 1. The number of rotatable bonds is 6. The first kappa shape index (κ1) is 16.9. The number of carbonyl (C=O) groups is 2. The Morgan fingerprint density at radius 2 is 1.91 bits per heavy atom. The molecule has 0 spiro atoms. The van der Waals surface area contributed by atoms with Crippen LogP contribution in [0.3, 0.4) is 0 Å². The number of aromatic carboxylic acids is 1. The summed E-state index contributed by atoms with van der Waals surface area (Å²) >= 11 is 1.93. The summed E-state index contributed by atoms with van der Waals surface area (Å²) in [4.78, 5) is 23.0. The van der Waals surface area contributed by atoms with Crippen LogP contribution in [0.2, 0.25) is 0 Å². The molecule has 0 aromatic heterocycles. The molecule has 120 valence electrons. The molecule has 2 rings (SSSR count). The van der Waals surface area contributed by atoms with E-state index in [-0.39, 0.29) is 17.5 Å². The molecule has 2 N–H and O–H groups in total. The van der Waals surface area contributed by atoms with Gasteiger partial charge in [0.1, 0.15) is 0 Å². The average molecular weight is 321 g/mol. The van der Waals surface area contributed by atoms with Gasteiger partial charge < -0.3 is 10.4 Å². The van der Waals surface area contributed by atoms with Crippen molar-refractivity contribution in [3.05, 3.63) is 35.4 Å². The molecule has 1 fully saturated rings. The highest BCUT2D eigenvalue weighted by Gasteiger charge is 2.26. The molecule has 0 heterocycles. The lowest BCUT2D eigenvalue weighted by Crippen LogP contribution is -2.44. The molecular formula is C17H23NO3S. The minimum absolute atomic E-state index is 0.0247. The van der Waals surface area contributed by atoms with Crippen molar-refractivity contribution in [1.29, 1.82) is 0 Å². The maximum atomic E-state index is 12.2. The third-order valence-electron chi connectivity index (χ3n) is 4.00. The molecule has 5 heteroatoms. The zero-order valence-corrected chi connectivity index (χ0v) is 13.7. The smallest absolute Gasteiger partial charge is 0.335 e. The van der Waals surface area contributed by atoms with Crippen molar-refractivity contribution in [2.24, 2.45) is 0 Å². The van der Waals surface area contributed by atoms with Crippen molar-refractivity contribution in [3.8, 4) is 0 Å². The molecule has 1 aromatic rings. The minimum Gasteiger partial charge on any atom is -0.478 e. The second-order valence-electron chi connectivity index (χ2n) is 5.63. The van der Waals surface area contributed by atoms with Crippen LogP contribution in [0.1, 0.15) is 48.5 Å². The summed E-state index contributed by atoms with van der Waals surface area (Å²) in [5.41, 5.74) is 1.09. The summed E-state index contributed by atoms with van der Waals surface area (Å²) < 4.78 is 0. The van der Waals surface area contributed by atoms with E-state index < -0.39 is 5.97 Å². The predicted octanol–water partition coefficient (Wildman–Crippen LogP) is 3.11. The third kappa shape index (κ3) is 4.77. The first-order chi connectivity index (χ1) is 10.6. The summed E-state index contributed by atoms with van der Waals surface area (Å²) in [6.07, 6.45) is 4.97. The van der Waals surface area contributed by atoms with Gasteiger partial charge in [0.05, 0.1) is 12.0 Å². The number of nitrogens with one attached hydrogen (secondary N) is 1. The Labute approximate surface area is 135 Å². The Kier molecular flexibility index (Phi) is 6.31. The van der Waals surface area contributed by atoms with Crippen LogP contribution in [0, 0.1) is 0 Å². The van der Waals surface area contributed by atoms with Gasteiger partial charge in [-0.1, -0.05) is 31.9 Å². The number of amides is 1. The molecule has 2 atom stereocenters. The van der Waals surface area contributed by atoms with E-state index in [1.807, 2.05) is 11.8 Å². The van der Waals surface area contributed by atoms with Gasteiger partial charge >= 0.3 is 5.97 Å². The second-order valence-corrected chi connectivity index (χ2v) is 7.15. The highest BCUT2D eigenvalue weighted by Crippen LogP contribution is 2.28. The molecule has 4 nitrogen and oxygen atoms in total. The van der Waals surface area contributed by atoms with E-state index in [1.54, 1.807) is 24.3 Å². The number of carboxylic acids is 1. The molecule has 1 aromatic carbocycles. The van der Waals surface area contributed by atoms with Crippen LogP contribution in [0.5, 0.6) is 0 Å². The number of hydrogen-bond donors (Lipinski definition) is 2. The molecule has 1 amide bonds. The lowest BCUT2D eigenvalue weighted by molar-refractivity contribution is -0.121. The van der Waals surface area contributed by atoms with E-state index in [1.165, 1.54) is 19.3 Å². The fraction of sp³-hybridized carbons (Fsp3) is 0.529. The number of thioether (sulfide) groups is 1. The van der Waals surface area contributed by atoms with Gasteiger partial charge in [-0.3, -0.25) is 4.79 Å². The SMILES string of the molecule is CCSC1CCCCC1NC(=O)Cc1ccc(C(=O)O)cc1. The summed E-state index contributed by atoms with van der Waals surface area (Å²) in [7, 11) is 0. The van der Waals surface area contributed by atoms with Gasteiger partial charge in [-0.2, -0.15) is 11.8 Å². The van der Waals surface area contributed by atoms with Crippen molar-refractivity contribution < 1.29 is 14.7 Å². The molecule has 2 unspecified atom stereocenters. The molecular weight excluding hydrogens is 298 g/mol. The lowest BCUT2D eigenvalue weighted by Gasteiger charge is -2.31. The van der Waals surface area contributed by atoms with Gasteiger partial charge in [-0.25, -0.2) is 4.79 Å². The average Bonchev–Trinajstić information content (AvgIpc) is 2.50. The summed E-state index contributed by atoms with van der Waals surface area (Å²) in [6.45, 7) is 2.15. The van der Waals surface area contributed by atoms with Crippen molar-refractivity contribution in [2.45, 2.75) is 50.3 Å². The van der Waals surface area contributed by atoms with Crippen molar-refractivity contribution in [2.75, 3.05) is 5.75 Å². The van der Waals surface area contributed by atoms with Gasteiger partial charge in [0.25, 0.3) is 0 Å². The Hall–Kier alpha value is -1.49. The van der Waals surface area contributed by atoms with Gasteiger partial charge in [0.2, 0.25) is 5.91 Å². The largest absolute Gasteiger partial charge is 0.478 e. The lowest BCUT2D eigenvalue weighted by atomic mass is 9.94. The fourth-order valence-corrected chi connectivity index (χ4v) is 4.08. The number of carboxylic acid groups (broad SMARTS) is 1. The van der Waals surface area contributed by atoms with Crippen molar-refractivity contribution >= 4 is 23.6 Å². The molecule has 0 bridgehead atoms. The third-order valence-corrected chi connectivity index (χ3v) is 5.32. The van der Waals surface area contributed by atoms with Crippen LogP contribution in [0.4, 0.5) is 0 Å². The molecule has 0 aliphatic heterocycles. The minimum atomic E-state index is -0.947. The van der Waals surface area contributed by atoms with Crippen LogP contribution >= 0.6 is 11.8 Å². The summed E-state index contributed by atoms with van der Waals surface area (Å²) in [6, 6.07) is 6.77. The molecule has 1 aliphatic rings. The van der Waals surface area contributed by atoms with Crippen molar-refractivity contribution in [1.82, 2.24) is 5.32 Å². The van der Waals surface area contributed by atoms with Gasteiger partial charge in [0.15, 0.2) is 0 Å². The molecule has 0 saturated heterocycles. The monoisotopic (exact) mass is 321 g/mol. The highest BCUT2D eigenvalue weighted by molar-refractivity contribution is 7.99. The standard InChI is InChI=1S/C17H23NO3S/c1-2-22-15-6-4-3-5-14(15)18-16(19)11-12-7-9-13(10-8-12)17(20)21/h7-10,14-15H,2-6,11H2,1H3,(H,18,19)(H,20,21). The van der Waals surface area contributed by atoms with Crippen LogP contribution in [-0.4, -0.2) is 34.0 Å². The first-order valence-corrected chi connectivity index (χ1v) is 8.88. The zero-order valence-electron chi connectivity index (χ0n) is 12.9. The highest BCUT2D eigenvalue weighted by atomic mass is 32.2. The maximum absolute atomic E-state index is 12.2. The van der Waals surface area contributed by atoms with E-state index in [9.17, 15) is 9.59 Å². The normalized spacial score (nSPS) is 21.3. The Morgan fingerprint density at radius 3 is 2.55 bits per heavy atom. The molecule has 1 saturated carbocycles. The van der Waals surface area contributed by atoms with Gasteiger partial charge in [-0.15, -0.1) is 0 Å². The quantitative estimate of drug-likeness (QED) is 0.845. The Morgan fingerprint density at radius 1 is 1.23 bits per heavy atom. The topological polar surface area (TPSA) is 66.4 Å². The van der Waals surface area contributed by atoms with E-state index in [4.69, 9.17) is 5.11 Å². The molecule has 0 radical (unpaired) electrons. The Balaban J connectivity index is 1.89. The summed E-state index contributed by atoms with van der Waals surface area (Å²) in [5.74, 6) is 0.155. The number of benzene rings is 1. The maximum Gasteiger partial charge on any atom is 0.335 e. The number of hydrogen-bond acceptors (Lipinski definition) is 3. The van der Waals surface area contributed by atoms with E-state index >= 15 is 0 Å². The van der Waals surface area contributed by atoms with Crippen LogP contribution in [0.25, 0.3) is 0 Å². The van der Waals surface area contributed by atoms with E-state index in [0.29, 0.717) is 11.7 Å². The Bertz CT molecular complexity index is 513. The van der Waals surface area contributed by atoms with E-state index in [2.05, 4.69) is 12.2 Å². The van der Waals surface area contributed by atoms with Crippen molar-refractivity contribution in [3.63, 3.8) is 0 Å². The summed E-state index contributed by atoms with van der Waals surface area (Å²) in [5, 5.41) is 12.6. The van der Waals surface area contributed by atoms with Crippen LogP contribution < -0.4 is 5.32 Å². The molecule has 1 aliphatic carbocycles. The van der Waals surface area contributed by atoms with Gasteiger partial charge in [-0.05, 0) is 36.3 Å². The second kappa shape index (κ2) is 8.22. The predicted molar refractivity (Wildman–Crippen MR) is 89.4 cm³/mol. The van der Waals surface area contributed by atoms with Crippen LogP contribution in [-0.2, 0) is 11.2 Å².